The van der Waals surface area contributed by atoms with Crippen molar-refractivity contribution in [2.24, 2.45) is 4.99 Å². The van der Waals surface area contributed by atoms with Crippen molar-refractivity contribution in [3.63, 3.8) is 0 Å². The molecule has 36 valence electrons. The van der Waals surface area contributed by atoms with Gasteiger partial charge in [0.2, 0.25) is 0 Å². The van der Waals surface area contributed by atoms with Gasteiger partial charge in [0.25, 0.3) is 0 Å². The van der Waals surface area contributed by atoms with E-state index in [-0.39, 0.29) is 0 Å². The first-order valence-electron chi connectivity index (χ1n) is 1.53. The molecule has 0 aliphatic heterocycles. The third-order valence-corrected chi connectivity index (χ3v) is 1.06. The topological polar surface area (TPSA) is 21.6 Å². The normalized spacial score (nSPS) is 11.5. The largest absolute Gasteiger partial charge is 0.413 e. The summed E-state index contributed by atoms with van der Waals surface area (Å²) in [6, 6.07) is 0. The molecule has 0 saturated carbocycles. The molecule has 0 saturated heterocycles. The van der Waals surface area contributed by atoms with E-state index in [1.165, 1.54) is 0 Å². The maximum atomic E-state index is 4.62. The maximum absolute atomic E-state index is 4.62. The number of halogens is 1. The Bertz CT molecular complexity index is 61.8. The predicted octanol–water partition coefficient (Wildman–Crippen LogP) is 1.40. The van der Waals surface area contributed by atoms with Gasteiger partial charge in [-0.3, -0.25) is 4.99 Å². The Morgan fingerprint density at radius 3 is 2.33 bits per heavy atom. The number of aliphatic imine (C=N–C) groups is 1. The number of hydrogen-bond donors (Lipinski definition) is 0. The van der Waals surface area contributed by atoms with E-state index in [2.05, 4.69) is 8.06 Å². The van der Waals surface area contributed by atoms with Gasteiger partial charge in [0.1, 0.15) is 0 Å². The Hall–Kier alpha value is 0.200. The van der Waals surface area contributed by atoms with Crippen LogP contribution in [0.3, 0.4) is 0 Å². The maximum Gasteiger partial charge on any atom is 0.194 e. The van der Waals surface area contributed by atoms with Gasteiger partial charge in [-0.2, -0.15) is 0 Å². The average molecular weight is 199 g/mol. The molecule has 0 aliphatic rings. The van der Waals surface area contributed by atoms with Crippen LogP contribution >= 0.6 is 23.0 Å². The van der Waals surface area contributed by atoms with Gasteiger partial charge in [-0.15, -0.1) is 0 Å². The van der Waals surface area contributed by atoms with E-state index in [9.17, 15) is 0 Å². The zero-order chi connectivity index (χ0) is 4.99. The number of rotatable bonds is 0. The molecule has 0 aromatic rings. The highest BCUT2D eigenvalue weighted by Crippen LogP contribution is 1.86. The van der Waals surface area contributed by atoms with Gasteiger partial charge < -0.3 is 3.07 Å². The third kappa shape index (κ3) is 2.44. The van der Waals surface area contributed by atoms with Gasteiger partial charge in [-0.05, 0) is 0 Å². The SMILES string of the molecule is CN=C(C)OI. The van der Waals surface area contributed by atoms with Crippen LogP contribution in [0.4, 0.5) is 0 Å². The highest BCUT2D eigenvalue weighted by molar-refractivity contribution is 14.1. The van der Waals surface area contributed by atoms with E-state index in [0.717, 1.165) is 0 Å². The molecule has 0 radical (unpaired) electrons. The Morgan fingerprint density at radius 1 is 1.83 bits per heavy atom. The van der Waals surface area contributed by atoms with Crippen LogP contribution in [0.5, 0.6) is 0 Å². The fourth-order valence-electron chi connectivity index (χ4n) is 0.0345. The molecule has 0 unspecified atom stereocenters. The minimum absolute atomic E-state index is 0.704. The van der Waals surface area contributed by atoms with E-state index in [1.54, 1.807) is 37.0 Å². The second-order valence-electron chi connectivity index (χ2n) is 0.820. The van der Waals surface area contributed by atoms with Crippen LogP contribution in [-0.4, -0.2) is 12.9 Å². The molecule has 0 spiro atoms. The number of hydrogen-bond acceptors (Lipinski definition) is 2. The summed E-state index contributed by atoms with van der Waals surface area (Å²) in [6.45, 7) is 1.80. The molecule has 3 heteroatoms. The van der Waals surface area contributed by atoms with Gasteiger partial charge in [0.15, 0.2) is 28.9 Å². The van der Waals surface area contributed by atoms with Crippen LogP contribution < -0.4 is 0 Å². The fourth-order valence-corrected chi connectivity index (χ4v) is 0.231. The van der Waals surface area contributed by atoms with E-state index >= 15 is 0 Å². The van der Waals surface area contributed by atoms with Gasteiger partial charge in [-0.25, -0.2) is 0 Å². The van der Waals surface area contributed by atoms with E-state index in [0.29, 0.717) is 5.90 Å². The van der Waals surface area contributed by atoms with Crippen LogP contribution in [0.25, 0.3) is 0 Å². The van der Waals surface area contributed by atoms with Crippen molar-refractivity contribution >= 4 is 28.9 Å². The Kier molecular flexibility index (Phi) is 3.51. The Labute approximate surface area is 51.3 Å². The van der Waals surface area contributed by atoms with Crippen molar-refractivity contribution in [3.05, 3.63) is 0 Å². The smallest absolute Gasteiger partial charge is 0.194 e. The Morgan fingerprint density at radius 2 is 2.33 bits per heavy atom. The highest BCUT2D eigenvalue weighted by Gasteiger charge is 1.76. The predicted molar refractivity (Wildman–Crippen MR) is 34.1 cm³/mol. The molecule has 0 aromatic heterocycles. The first-order valence-corrected chi connectivity index (χ1v) is 2.41. The fraction of sp³-hybridized carbons (Fsp3) is 0.667. The van der Waals surface area contributed by atoms with E-state index in [4.69, 9.17) is 0 Å². The summed E-state index contributed by atoms with van der Waals surface area (Å²) >= 11 is 1.78. The average Bonchev–Trinajstić information content (AvgIpc) is 1.65. The van der Waals surface area contributed by atoms with Crippen LogP contribution in [0.1, 0.15) is 6.92 Å². The van der Waals surface area contributed by atoms with Crippen molar-refractivity contribution in [1.29, 1.82) is 0 Å². The molecule has 0 heterocycles. The zero-order valence-corrected chi connectivity index (χ0v) is 5.89. The minimum Gasteiger partial charge on any atom is -0.413 e. The molecule has 0 N–H and O–H groups in total. The summed E-state index contributed by atoms with van der Waals surface area (Å²) in [5.74, 6) is 0.704. The van der Waals surface area contributed by atoms with Gasteiger partial charge in [0, 0.05) is 14.0 Å². The van der Waals surface area contributed by atoms with Crippen molar-refractivity contribution in [3.8, 4) is 0 Å². The lowest BCUT2D eigenvalue weighted by molar-refractivity contribution is 0.710. The standard InChI is InChI=1S/C3H6INO/c1-3(5-2)6-4/h1-2H3. The van der Waals surface area contributed by atoms with Crippen LogP contribution in [0.2, 0.25) is 0 Å². The summed E-state index contributed by atoms with van der Waals surface area (Å²) in [7, 11) is 1.69. The summed E-state index contributed by atoms with van der Waals surface area (Å²) in [6.07, 6.45) is 0. The summed E-state index contributed by atoms with van der Waals surface area (Å²) in [5.41, 5.74) is 0. The quantitative estimate of drug-likeness (QED) is 0.328. The molecule has 0 rings (SSSR count). The lowest BCUT2D eigenvalue weighted by Crippen LogP contribution is -1.84. The molecule has 0 fully saturated rings. The summed E-state index contributed by atoms with van der Waals surface area (Å²) < 4.78 is 4.62. The molecule has 0 atom stereocenters. The molecule has 0 amide bonds. The monoisotopic (exact) mass is 199 g/mol. The molecule has 2 nitrogen and oxygen atoms in total. The van der Waals surface area contributed by atoms with Crippen LogP contribution in [-0.2, 0) is 3.07 Å². The lowest BCUT2D eigenvalue weighted by Gasteiger charge is -1.86. The van der Waals surface area contributed by atoms with Crippen molar-refractivity contribution < 1.29 is 3.07 Å². The van der Waals surface area contributed by atoms with E-state index in [1.807, 2.05) is 0 Å². The van der Waals surface area contributed by atoms with E-state index < -0.39 is 0 Å². The first kappa shape index (κ1) is 6.20. The zero-order valence-electron chi connectivity index (χ0n) is 3.73. The summed E-state index contributed by atoms with van der Waals surface area (Å²) in [5, 5.41) is 0. The second kappa shape index (κ2) is 3.39. The van der Waals surface area contributed by atoms with Gasteiger partial charge in [-0.1, -0.05) is 0 Å². The first-order chi connectivity index (χ1) is 2.81. The Balaban J connectivity index is 3.22. The highest BCUT2D eigenvalue weighted by atomic mass is 127. The molecular formula is C3H6INO. The van der Waals surface area contributed by atoms with Gasteiger partial charge >= 0.3 is 0 Å². The lowest BCUT2D eigenvalue weighted by atomic mass is 10.8. The number of nitrogens with zero attached hydrogens (tertiary/aromatic N) is 1. The van der Waals surface area contributed by atoms with Crippen molar-refractivity contribution in [2.75, 3.05) is 7.05 Å². The third-order valence-electron chi connectivity index (χ3n) is 0.427. The summed E-state index contributed by atoms with van der Waals surface area (Å²) in [4.78, 5) is 3.69. The molecule has 6 heavy (non-hydrogen) atoms. The van der Waals surface area contributed by atoms with Crippen LogP contribution in [0, 0.1) is 0 Å². The van der Waals surface area contributed by atoms with Crippen LogP contribution in [0.15, 0.2) is 4.99 Å². The minimum atomic E-state index is 0.704. The molecule has 0 aromatic carbocycles. The second-order valence-corrected chi connectivity index (χ2v) is 1.26. The molecule has 0 aliphatic carbocycles. The molecular weight excluding hydrogens is 193 g/mol. The van der Waals surface area contributed by atoms with Crippen molar-refractivity contribution in [2.45, 2.75) is 6.92 Å². The van der Waals surface area contributed by atoms with Crippen molar-refractivity contribution in [1.82, 2.24) is 0 Å². The van der Waals surface area contributed by atoms with Gasteiger partial charge in [0.05, 0.1) is 0 Å². The molecule has 0 bridgehead atoms.